The highest BCUT2D eigenvalue weighted by Gasteiger charge is 2.28. The predicted molar refractivity (Wildman–Crippen MR) is 67.5 cm³/mol. The van der Waals surface area contributed by atoms with Gasteiger partial charge in [-0.2, -0.15) is 0 Å². The second kappa shape index (κ2) is 4.75. The third kappa shape index (κ3) is 2.13. The summed E-state index contributed by atoms with van der Waals surface area (Å²) in [5.41, 5.74) is 2.62. The number of hydrogen-bond donors (Lipinski definition) is 1. The summed E-state index contributed by atoms with van der Waals surface area (Å²) in [6.45, 7) is 0. The van der Waals surface area contributed by atoms with Gasteiger partial charge in [-0.15, -0.1) is 11.6 Å². The van der Waals surface area contributed by atoms with E-state index < -0.39 is 0 Å². The molecule has 1 aromatic rings. The molecule has 90 valence electrons. The maximum absolute atomic E-state index is 11.7. The molecule has 0 radical (unpaired) electrons. The Hall–Kier alpha value is -1.55. The van der Waals surface area contributed by atoms with Crippen LogP contribution in [0.3, 0.4) is 0 Å². The highest BCUT2D eigenvalue weighted by molar-refractivity contribution is 6.33. The van der Waals surface area contributed by atoms with Gasteiger partial charge in [-0.1, -0.05) is 0 Å². The molecule has 0 saturated heterocycles. The van der Waals surface area contributed by atoms with E-state index in [2.05, 4.69) is 5.32 Å². The van der Waals surface area contributed by atoms with Crippen molar-refractivity contribution in [1.82, 2.24) is 0 Å². The van der Waals surface area contributed by atoms with Crippen molar-refractivity contribution >= 4 is 34.8 Å². The van der Waals surface area contributed by atoms with Crippen LogP contribution >= 0.6 is 11.6 Å². The molecule has 0 spiro atoms. The number of aryl methyl sites for hydroxylation is 1. The first-order chi connectivity index (χ1) is 8.17. The van der Waals surface area contributed by atoms with Crippen LogP contribution in [0.15, 0.2) is 18.2 Å². The number of carbonyl (C=O) groups is 2. The fraction of sp³-hybridized carbons (Fsp3) is 0.333. The Bertz CT molecular complexity index is 474. The minimum absolute atomic E-state index is 0.180. The summed E-state index contributed by atoms with van der Waals surface area (Å²) >= 11 is 5.52. The standard InChI is InChI=1S/C12H13ClN2O2/c1-14-9-3-4-10-8(6-9)2-5-11(16)15(10)12(17)7-13/h3-4,6,14H,2,5,7H2,1H3. The van der Waals surface area contributed by atoms with Crippen molar-refractivity contribution in [2.24, 2.45) is 0 Å². The molecule has 0 aliphatic carbocycles. The molecule has 1 N–H and O–H groups in total. The smallest absolute Gasteiger partial charge is 0.248 e. The summed E-state index contributed by atoms with van der Waals surface area (Å²) in [6.07, 6.45) is 1.01. The highest BCUT2D eigenvalue weighted by atomic mass is 35.5. The third-order valence-corrected chi connectivity index (χ3v) is 3.06. The lowest BCUT2D eigenvalue weighted by Crippen LogP contribution is -2.41. The van der Waals surface area contributed by atoms with E-state index >= 15 is 0 Å². The molecule has 17 heavy (non-hydrogen) atoms. The quantitative estimate of drug-likeness (QED) is 0.817. The monoisotopic (exact) mass is 252 g/mol. The van der Waals surface area contributed by atoms with E-state index in [1.807, 2.05) is 19.2 Å². The first-order valence-corrected chi connectivity index (χ1v) is 5.93. The molecular formula is C12H13ClN2O2. The molecular weight excluding hydrogens is 240 g/mol. The van der Waals surface area contributed by atoms with Gasteiger partial charge >= 0.3 is 0 Å². The molecule has 0 unspecified atom stereocenters. The molecule has 0 fully saturated rings. The number of nitrogens with zero attached hydrogens (tertiary/aromatic N) is 1. The number of amides is 2. The molecule has 0 atom stereocenters. The SMILES string of the molecule is CNc1ccc2c(c1)CCC(=O)N2C(=O)CCl. The Kier molecular flexibility index (Phi) is 3.33. The van der Waals surface area contributed by atoms with E-state index in [0.29, 0.717) is 18.5 Å². The number of hydrogen-bond acceptors (Lipinski definition) is 3. The van der Waals surface area contributed by atoms with Gasteiger partial charge in [0.1, 0.15) is 5.88 Å². The lowest BCUT2D eigenvalue weighted by Gasteiger charge is -2.27. The maximum atomic E-state index is 11.7. The van der Waals surface area contributed by atoms with Crippen molar-refractivity contribution in [2.45, 2.75) is 12.8 Å². The van der Waals surface area contributed by atoms with Crippen LogP contribution in [0.1, 0.15) is 12.0 Å². The van der Waals surface area contributed by atoms with Gasteiger partial charge in [0.15, 0.2) is 0 Å². The minimum atomic E-state index is -0.366. The Morgan fingerprint density at radius 2 is 2.24 bits per heavy atom. The van der Waals surface area contributed by atoms with Crippen molar-refractivity contribution < 1.29 is 9.59 Å². The van der Waals surface area contributed by atoms with Crippen molar-refractivity contribution in [2.75, 3.05) is 23.1 Å². The largest absolute Gasteiger partial charge is 0.388 e. The molecule has 1 aliphatic rings. The first-order valence-electron chi connectivity index (χ1n) is 5.40. The fourth-order valence-electron chi connectivity index (χ4n) is 1.98. The van der Waals surface area contributed by atoms with Crippen molar-refractivity contribution in [1.29, 1.82) is 0 Å². The van der Waals surface area contributed by atoms with E-state index in [1.54, 1.807) is 6.07 Å². The summed E-state index contributed by atoms with van der Waals surface area (Å²) in [5, 5.41) is 3.03. The molecule has 1 aliphatic heterocycles. The van der Waals surface area contributed by atoms with Crippen LogP contribution in [0, 0.1) is 0 Å². The predicted octanol–water partition coefficient (Wildman–Crippen LogP) is 1.77. The molecule has 1 aromatic carbocycles. The lowest BCUT2D eigenvalue weighted by molar-refractivity contribution is -0.125. The number of halogens is 1. The molecule has 2 rings (SSSR count). The normalized spacial score (nSPS) is 14.5. The van der Waals surface area contributed by atoms with Crippen LogP contribution in [-0.4, -0.2) is 24.7 Å². The number of rotatable bonds is 2. The second-order valence-electron chi connectivity index (χ2n) is 3.85. The zero-order chi connectivity index (χ0) is 12.4. The fourth-order valence-corrected chi connectivity index (χ4v) is 2.10. The summed E-state index contributed by atoms with van der Waals surface area (Å²) < 4.78 is 0. The van der Waals surface area contributed by atoms with Crippen LogP contribution in [0.5, 0.6) is 0 Å². The average Bonchev–Trinajstić information content (AvgIpc) is 2.37. The highest BCUT2D eigenvalue weighted by Crippen LogP contribution is 2.30. The van der Waals surface area contributed by atoms with Gasteiger partial charge in [0.05, 0.1) is 5.69 Å². The molecule has 0 saturated carbocycles. The number of nitrogens with one attached hydrogen (secondary N) is 1. The number of alkyl halides is 1. The Morgan fingerprint density at radius 1 is 1.47 bits per heavy atom. The Balaban J connectivity index is 2.45. The van der Waals surface area contributed by atoms with Gasteiger partial charge in [0.2, 0.25) is 11.8 Å². The summed E-state index contributed by atoms with van der Waals surface area (Å²) in [5.74, 6) is -0.728. The molecule has 1 heterocycles. The van der Waals surface area contributed by atoms with Gasteiger partial charge in [-0.3, -0.25) is 9.59 Å². The van der Waals surface area contributed by atoms with E-state index in [-0.39, 0.29) is 17.7 Å². The molecule has 2 amide bonds. The Labute approximate surface area is 105 Å². The minimum Gasteiger partial charge on any atom is -0.388 e. The van der Waals surface area contributed by atoms with Crippen LogP contribution in [-0.2, 0) is 16.0 Å². The van der Waals surface area contributed by atoms with Crippen LogP contribution in [0.4, 0.5) is 11.4 Å². The van der Waals surface area contributed by atoms with Gasteiger partial charge in [-0.05, 0) is 30.2 Å². The third-order valence-electron chi connectivity index (χ3n) is 2.83. The average molecular weight is 253 g/mol. The van der Waals surface area contributed by atoms with Crippen molar-refractivity contribution in [3.8, 4) is 0 Å². The second-order valence-corrected chi connectivity index (χ2v) is 4.12. The summed E-state index contributed by atoms with van der Waals surface area (Å²) in [6, 6.07) is 5.57. The van der Waals surface area contributed by atoms with Gasteiger partial charge < -0.3 is 5.32 Å². The number of carbonyl (C=O) groups excluding carboxylic acids is 2. The number of imide groups is 1. The van der Waals surface area contributed by atoms with Gasteiger partial charge in [0.25, 0.3) is 0 Å². The number of benzene rings is 1. The number of anilines is 2. The topological polar surface area (TPSA) is 49.4 Å². The zero-order valence-electron chi connectivity index (χ0n) is 9.50. The zero-order valence-corrected chi connectivity index (χ0v) is 10.3. The summed E-state index contributed by atoms with van der Waals surface area (Å²) in [7, 11) is 1.83. The molecule has 0 bridgehead atoms. The van der Waals surface area contributed by atoms with Crippen LogP contribution < -0.4 is 10.2 Å². The molecule has 0 aromatic heterocycles. The van der Waals surface area contributed by atoms with E-state index in [9.17, 15) is 9.59 Å². The van der Waals surface area contributed by atoms with Gasteiger partial charge in [0, 0.05) is 19.2 Å². The van der Waals surface area contributed by atoms with Crippen molar-refractivity contribution in [3.63, 3.8) is 0 Å². The first kappa shape index (κ1) is 11.9. The van der Waals surface area contributed by atoms with Gasteiger partial charge in [-0.25, -0.2) is 4.90 Å². The van der Waals surface area contributed by atoms with Crippen LogP contribution in [0.25, 0.3) is 0 Å². The molecule has 5 heteroatoms. The lowest BCUT2D eigenvalue weighted by atomic mass is 10.0. The maximum Gasteiger partial charge on any atom is 0.248 e. The van der Waals surface area contributed by atoms with E-state index in [1.165, 1.54) is 4.90 Å². The van der Waals surface area contributed by atoms with Crippen molar-refractivity contribution in [3.05, 3.63) is 23.8 Å². The Morgan fingerprint density at radius 3 is 2.88 bits per heavy atom. The number of fused-ring (bicyclic) bond motifs is 1. The molecule has 4 nitrogen and oxygen atoms in total. The summed E-state index contributed by atoms with van der Waals surface area (Å²) in [4.78, 5) is 24.6. The van der Waals surface area contributed by atoms with Crippen LogP contribution in [0.2, 0.25) is 0 Å². The van der Waals surface area contributed by atoms with E-state index in [4.69, 9.17) is 11.6 Å². The van der Waals surface area contributed by atoms with E-state index in [0.717, 1.165) is 11.3 Å².